The quantitative estimate of drug-likeness (QED) is 0.836. The molecule has 18 heavy (non-hydrogen) atoms. The van der Waals surface area contributed by atoms with Gasteiger partial charge in [-0.1, -0.05) is 34.1 Å². The first kappa shape index (κ1) is 13.0. The molecule has 0 atom stereocenters. The van der Waals surface area contributed by atoms with Gasteiger partial charge < -0.3 is 9.47 Å². The highest BCUT2D eigenvalue weighted by Gasteiger charge is 2.00. The summed E-state index contributed by atoms with van der Waals surface area (Å²) in [5.74, 6) is 1.62. The summed E-state index contributed by atoms with van der Waals surface area (Å²) in [7, 11) is 1.65. The lowest BCUT2D eigenvalue weighted by Gasteiger charge is -2.08. The highest BCUT2D eigenvalue weighted by molar-refractivity contribution is 9.10. The average Bonchev–Trinajstić information content (AvgIpc) is 2.40. The Hall–Kier alpha value is -1.48. The van der Waals surface area contributed by atoms with Crippen LogP contribution in [-0.2, 0) is 6.61 Å². The second-order valence-electron chi connectivity index (χ2n) is 4.05. The fraction of sp³-hybridized carbons (Fsp3) is 0.200. The van der Waals surface area contributed by atoms with Gasteiger partial charge in [-0.25, -0.2) is 0 Å². The van der Waals surface area contributed by atoms with Gasteiger partial charge in [0.2, 0.25) is 0 Å². The third kappa shape index (κ3) is 3.26. The Morgan fingerprint density at radius 2 is 1.83 bits per heavy atom. The van der Waals surface area contributed by atoms with Crippen LogP contribution in [0, 0.1) is 6.92 Å². The summed E-state index contributed by atoms with van der Waals surface area (Å²) >= 11 is 3.49. The summed E-state index contributed by atoms with van der Waals surface area (Å²) in [4.78, 5) is 0. The summed E-state index contributed by atoms with van der Waals surface area (Å²) in [5.41, 5.74) is 2.36. The summed E-state index contributed by atoms with van der Waals surface area (Å²) in [6.07, 6.45) is 0. The molecule has 0 bridgehead atoms. The Balaban J connectivity index is 2.04. The molecule has 0 N–H and O–H groups in total. The van der Waals surface area contributed by atoms with Gasteiger partial charge in [-0.15, -0.1) is 0 Å². The van der Waals surface area contributed by atoms with Gasteiger partial charge in [-0.2, -0.15) is 0 Å². The van der Waals surface area contributed by atoms with Gasteiger partial charge in [0.25, 0.3) is 0 Å². The maximum Gasteiger partial charge on any atom is 0.123 e. The van der Waals surface area contributed by atoms with E-state index in [4.69, 9.17) is 9.47 Å². The third-order valence-electron chi connectivity index (χ3n) is 2.67. The van der Waals surface area contributed by atoms with E-state index in [1.165, 1.54) is 5.56 Å². The average molecular weight is 307 g/mol. The minimum atomic E-state index is 0.557. The van der Waals surface area contributed by atoms with Crippen LogP contribution in [0.15, 0.2) is 46.9 Å². The zero-order chi connectivity index (χ0) is 13.0. The Bertz CT molecular complexity index is 538. The number of rotatable bonds is 4. The number of ether oxygens (including phenoxy) is 2. The zero-order valence-electron chi connectivity index (χ0n) is 10.4. The fourth-order valence-corrected chi connectivity index (χ4v) is 1.90. The maximum atomic E-state index is 5.73. The molecule has 0 aliphatic carbocycles. The van der Waals surface area contributed by atoms with Crippen molar-refractivity contribution in [2.75, 3.05) is 7.11 Å². The number of aryl methyl sites for hydroxylation is 1. The van der Waals surface area contributed by atoms with Crippen molar-refractivity contribution in [3.63, 3.8) is 0 Å². The van der Waals surface area contributed by atoms with Crippen molar-refractivity contribution < 1.29 is 9.47 Å². The predicted molar refractivity (Wildman–Crippen MR) is 76.2 cm³/mol. The zero-order valence-corrected chi connectivity index (χ0v) is 12.0. The van der Waals surface area contributed by atoms with Crippen LogP contribution < -0.4 is 9.47 Å². The largest absolute Gasteiger partial charge is 0.497 e. The molecule has 0 fully saturated rings. The molecular weight excluding hydrogens is 292 g/mol. The van der Waals surface area contributed by atoms with Crippen LogP contribution in [0.3, 0.4) is 0 Å². The minimum absolute atomic E-state index is 0.557. The Kier molecular flexibility index (Phi) is 4.26. The summed E-state index contributed by atoms with van der Waals surface area (Å²) < 4.78 is 12.0. The molecule has 0 aromatic heterocycles. The highest BCUT2D eigenvalue weighted by Crippen LogP contribution is 2.21. The van der Waals surface area contributed by atoms with E-state index in [2.05, 4.69) is 35.0 Å². The van der Waals surface area contributed by atoms with Crippen molar-refractivity contribution in [2.24, 2.45) is 0 Å². The molecule has 2 aromatic carbocycles. The molecule has 2 nitrogen and oxygen atoms in total. The number of benzene rings is 2. The smallest absolute Gasteiger partial charge is 0.123 e. The Labute approximate surface area is 116 Å². The van der Waals surface area contributed by atoms with E-state index >= 15 is 0 Å². The molecular formula is C15H15BrO2. The molecule has 94 valence electrons. The topological polar surface area (TPSA) is 18.5 Å². The minimum Gasteiger partial charge on any atom is -0.497 e. The number of hydrogen-bond acceptors (Lipinski definition) is 2. The summed E-state index contributed by atoms with van der Waals surface area (Å²) in [6, 6.07) is 13.8. The lowest BCUT2D eigenvalue weighted by atomic mass is 10.1. The van der Waals surface area contributed by atoms with Crippen molar-refractivity contribution in [3.05, 3.63) is 58.1 Å². The molecule has 0 spiro atoms. The van der Waals surface area contributed by atoms with Crippen molar-refractivity contribution >= 4 is 15.9 Å². The summed E-state index contributed by atoms with van der Waals surface area (Å²) in [6.45, 7) is 2.63. The first-order valence-corrected chi connectivity index (χ1v) is 6.50. The second-order valence-corrected chi connectivity index (χ2v) is 4.91. The molecule has 2 rings (SSSR count). The predicted octanol–water partition coefficient (Wildman–Crippen LogP) is 4.35. The van der Waals surface area contributed by atoms with E-state index in [-0.39, 0.29) is 0 Å². The Morgan fingerprint density at radius 1 is 1.06 bits per heavy atom. The SMILES string of the molecule is COc1cccc(OCc2ccc(Br)c(C)c2)c1. The molecule has 0 amide bonds. The molecule has 2 aromatic rings. The molecule has 0 saturated carbocycles. The van der Waals surface area contributed by atoms with Gasteiger partial charge in [0.15, 0.2) is 0 Å². The molecule has 0 unspecified atom stereocenters. The molecule has 0 aliphatic heterocycles. The van der Waals surface area contributed by atoms with Crippen LogP contribution in [0.2, 0.25) is 0 Å². The van der Waals surface area contributed by atoms with Gasteiger partial charge in [0.1, 0.15) is 18.1 Å². The van der Waals surface area contributed by atoms with Gasteiger partial charge >= 0.3 is 0 Å². The van der Waals surface area contributed by atoms with E-state index in [1.807, 2.05) is 30.3 Å². The fourth-order valence-electron chi connectivity index (χ4n) is 1.65. The van der Waals surface area contributed by atoms with E-state index in [1.54, 1.807) is 7.11 Å². The van der Waals surface area contributed by atoms with Gasteiger partial charge in [0.05, 0.1) is 7.11 Å². The van der Waals surface area contributed by atoms with Crippen LogP contribution >= 0.6 is 15.9 Å². The van der Waals surface area contributed by atoms with Crippen LogP contribution in [0.25, 0.3) is 0 Å². The number of hydrogen-bond donors (Lipinski definition) is 0. The van der Waals surface area contributed by atoms with Crippen molar-refractivity contribution in [2.45, 2.75) is 13.5 Å². The van der Waals surface area contributed by atoms with Crippen molar-refractivity contribution in [1.29, 1.82) is 0 Å². The molecule has 3 heteroatoms. The van der Waals surface area contributed by atoms with E-state index in [9.17, 15) is 0 Å². The normalized spacial score (nSPS) is 10.2. The van der Waals surface area contributed by atoms with E-state index in [0.29, 0.717) is 6.61 Å². The lowest BCUT2D eigenvalue weighted by Crippen LogP contribution is -1.96. The monoisotopic (exact) mass is 306 g/mol. The van der Waals surface area contributed by atoms with E-state index < -0.39 is 0 Å². The van der Waals surface area contributed by atoms with Crippen LogP contribution in [0.5, 0.6) is 11.5 Å². The van der Waals surface area contributed by atoms with Gasteiger partial charge in [-0.05, 0) is 36.2 Å². The molecule has 0 heterocycles. The van der Waals surface area contributed by atoms with Crippen LogP contribution in [-0.4, -0.2) is 7.11 Å². The molecule has 0 aliphatic rings. The third-order valence-corrected chi connectivity index (χ3v) is 3.56. The van der Waals surface area contributed by atoms with Crippen LogP contribution in [0.1, 0.15) is 11.1 Å². The van der Waals surface area contributed by atoms with Crippen molar-refractivity contribution in [1.82, 2.24) is 0 Å². The second kappa shape index (κ2) is 5.91. The van der Waals surface area contributed by atoms with Crippen molar-refractivity contribution in [3.8, 4) is 11.5 Å². The molecule has 0 radical (unpaired) electrons. The maximum absolute atomic E-state index is 5.73. The van der Waals surface area contributed by atoms with Gasteiger partial charge in [0, 0.05) is 10.5 Å². The number of halogens is 1. The standard InChI is InChI=1S/C15H15BrO2/c1-11-8-12(6-7-15(11)16)10-18-14-5-3-4-13(9-14)17-2/h3-9H,10H2,1-2H3. The Morgan fingerprint density at radius 3 is 2.56 bits per heavy atom. The first-order chi connectivity index (χ1) is 8.69. The van der Waals surface area contributed by atoms with Crippen LogP contribution in [0.4, 0.5) is 0 Å². The number of methoxy groups -OCH3 is 1. The summed E-state index contributed by atoms with van der Waals surface area (Å²) in [5, 5.41) is 0. The lowest BCUT2D eigenvalue weighted by molar-refractivity contribution is 0.303. The molecule has 0 saturated heterocycles. The van der Waals surface area contributed by atoms with Gasteiger partial charge in [-0.3, -0.25) is 0 Å². The van der Waals surface area contributed by atoms with E-state index in [0.717, 1.165) is 21.5 Å². The highest BCUT2D eigenvalue weighted by atomic mass is 79.9. The first-order valence-electron chi connectivity index (χ1n) is 5.71.